The fourth-order valence-electron chi connectivity index (χ4n) is 2.46. The van der Waals surface area contributed by atoms with Gasteiger partial charge in [-0.2, -0.15) is 0 Å². The molecule has 3 aromatic rings. The number of rotatable bonds is 3. The van der Waals surface area contributed by atoms with Gasteiger partial charge in [-0.3, -0.25) is 0 Å². The molecule has 4 nitrogen and oxygen atoms in total. The minimum Gasteiger partial charge on any atom is -0.465 e. The average Bonchev–Trinajstić information content (AvgIpc) is 2.92. The van der Waals surface area contributed by atoms with Crippen molar-refractivity contribution in [2.75, 3.05) is 12.8 Å². The monoisotopic (exact) mass is 311 g/mol. The molecule has 0 spiro atoms. The second-order valence-corrected chi connectivity index (χ2v) is 4.99. The SMILES string of the molecule is C=Cc1cc2c(C(=O)OC)c(-c3ccc(F)cc3)oc2cc1N. The van der Waals surface area contributed by atoms with E-state index < -0.39 is 5.97 Å². The van der Waals surface area contributed by atoms with Crippen molar-refractivity contribution in [1.29, 1.82) is 0 Å². The number of nitrogen functional groups attached to an aromatic ring is 1. The molecular formula is C18H14FNO3. The highest BCUT2D eigenvalue weighted by Gasteiger charge is 2.23. The van der Waals surface area contributed by atoms with Crippen molar-refractivity contribution in [2.45, 2.75) is 0 Å². The lowest BCUT2D eigenvalue weighted by Crippen LogP contribution is -2.02. The molecule has 0 saturated carbocycles. The van der Waals surface area contributed by atoms with Crippen molar-refractivity contribution < 1.29 is 18.3 Å². The number of fused-ring (bicyclic) bond motifs is 1. The molecule has 1 heterocycles. The zero-order valence-electron chi connectivity index (χ0n) is 12.4. The summed E-state index contributed by atoms with van der Waals surface area (Å²) in [6, 6.07) is 9.03. The predicted octanol–water partition coefficient (Wildman–Crippen LogP) is 4.25. The topological polar surface area (TPSA) is 65.5 Å². The van der Waals surface area contributed by atoms with E-state index >= 15 is 0 Å². The van der Waals surface area contributed by atoms with Crippen LogP contribution in [0.5, 0.6) is 0 Å². The van der Waals surface area contributed by atoms with Gasteiger partial charge in [0.15, 0.2) is 0 Å². The quantitative estimate of drug-likeness (QED) is 0.580. The molecule has 23 heavy (non-hydrogen) atoms. The largest absolute Gasteiger partial charge is 0.465 e. The van der Waals surface area contributed by atoms with Crippen LogP contribution in [0.1, 0.15) is 15.9 Å². The fourth-order valence-corrected chi connectivity index (χ4v) is 2.46. The van der Waals surface area contributed by atoms with Gasteiger partial charge in [0.25, 0.3) is 0 Å². The molecule has 0 saturated heterocycles. The number of halogens is 1. The highest BCUT2D eigenvalue weighted by molar-refractivity contribution is 6.09. The third kappa shape index (κ3) is 2.46. The highest BCUT2D eigenvalue weighted by Crippen LogP contribution is 2.36. The van der Waals surface area contributed by atoms with Crippen molar-refractivity contribution in [3.8, 4) is 11.3 Å². The number of furan rings is 1. The Morgan fingerprint density at radius 2 is 2.00 bits per heavy atom. The van der Waals surface area contributed by atoms with E-state index in [9.17, 15) is 9.18 Å². The summed E-state index contributed by atoms with van der Waals surface area (Å²) in [5, 5.41) is 0.570. The van der Waals surface area contributed by atoms with Crippen molar-refractivity contribution >= 4 is 28.7 Å². The molecule has 116 valence electrons. The maximum absolute atomic E-state index is 13.1. The molecule has 0 atom stereocenters. The Hall–Kier alpha value is -3.08. The molecule has 1 aromatic heterocycles. The first-order valence-electron chi connectivity index (χ1n) is 6.88. The number of ether oxygens (including phenoxy) is 1. The smallest absolute Gasteiger partial charge is 0.342 e. The van der Waals surface area contributed by atoms with Crippen LogP contribution >= 0.6 is 0 Å². The molecule has 0 amide bonds. The summed E-state index contributed by atoms with van der Waals surface area (Å²) in [6.45, 7) is 3.70. The van der Waals surface area contributed by atoms with E-state index in [1.54, 1.807) is 18.2 Å². The van der Waals surface area contributed by atoms with E-state index in [1.165, 1.54) is 31.4 Å². The molecule has 2 aromatic carbocycles. The van der Waals surface area contributed by atoms with Gasteiger partial charge in [0, 0.05) is 22.7 Å². The molecule has 0 aliphatic rings. The molecule has 0 aliphatic heterocycles. The Kier molecular flexibility index (Phi) is 3.62. The molecule has 2 N–H and O–H groups in total. The van der Waals surface area contributed by atoms with Gasteiger partial charge in [0.1, 0.15) is 22.7 Å². The summed E-state index contributed by atoms with van der Waals surface area (Å²) in [6.07, 6.45) is 1.60. The third-order valence-electron chi connectivity index (χ3n) is 3.61. The Bertz CT molecular complexity index is 910. The van der Waals surface area contributed by atoms with E-state index in [4.69, 9.17) is 14.9 Å². The van der Waals surface area contributed by atoms with Gasteiger partial charge in [-0.15, -0.1) is 0 Å². The summed E-state index contributed by atoms with van der Waals surface area (Å²) < 4.78 is 23.8. The second-order valence-electron chi connectivity index (χ2n) is 4.99. The van der Waals surface area contributed by atoms with Crippen molar-refractivity contribution in [2.24, 2.45) is 0 Å². The minimum atomic E-state index is -0.539. The zero-order chi connectivity index (χ0) is 16.6. The van der Waals surface area contributed by atoms with E-state index in [-0.39, 0.29) is 11.4 Å². The number of methoxy groups -OCH3 is 1. The molecule has 3 rings (SSSR count). The summed E-state index contributed by atoms with van der Waals surface area (Å²) in [7, 11) is 1.29. The second kappa shape index (κ2) is 5.61. The molecular weight excluding hydrogens is 297 g/mol. The minimum absolute atomic E-state index is 0.275. The zero-order valence-corrected chi connectivity index (χ0v) is 12.4. The maximum atomic E-state index is 13.1. The van der Waals surface area contributed by atoms with E-state index in [2.05, 4.69) is 6.58 Å². The number of esters is 1. The van der Waals surface area contributed by atoms with Gasteiger partial charge in [-0.1, -0.05) is 12.7 Å². The van der Waals surface area contributed by atoms with Gasteiger partial charge in [0.2, 0.25) is 0 Å². The summed E-state index contributed by atoms with van der Waals surface area (Å²) >= 11 is 0. The Morgan fingerprint density at radius 3 is 2.61 bits per heavy atom. The van der Waals surface area contributed by atoms with Crippen LogP contribution in [0.25, 0.3) is 28.4 Å². The normalized spacial score (nSPS) is 10.7. The number of hydrogen-bond donors (Lipinski definition) is 1. The van der Waals surface area contributed by atoms with Crippen LogP contribution in [0.4, 0.5) is 10.1 Å². The van der Waals surface area contributed by atoms with Gasteiger partial charge in [-0.25, -0.2) is 9.18 Å². The van der Waals surface area contributed by atoms with Crippen LogP contribution in [0.2, 0.25) is 0 Å². The number of hydrogen-bond acceptors (Lipinski definition) is 4. The lowest BCUT2D eigenvalue weighted by Gasteiger charge is -2.02. The molecule has 0 unspecified atom stereocenters. The molecule has 0 aliphatic carbocycles. The Labute approximate surface area is 132 Å². The lowest BCUT2D eigenvalue weighted by atomic mass is 10.0. The van der Waals surface area contributed by atoms with Crippen molar-refractivity contribution in [3.05, 3.63) is 59.9 Å². The van der Waals surface area contributed by atoms with Crippen LogP contribution in [0, 0.1) is 5.82 Å². The number of carbonyl (C=O) groups excluding carboxylic acids is 1. The van der Waals surface area contributed by atoms with Gasteiger partial charge < -0.3 is 14.9 Å². The summed E-state index contributed by atoms with van der Waals surface area (Å²) in [5.41, 5.74) is 8.40. The lowest BCUT2D eigenvalue weighted by molar-refractivity contribution is 0.0603. The van der Waals surface area contributed by atoms with Crippen molar-refractivity contribution in [1.82, 2.24) is 0 Å². The number of anilines is 1. The number of benzene rings is 2. The number of carbonyl (C=O) groups is 1. The van der Waals surface area contributed by atoms with Gasteiger partial charge in [-0.05, 0) is 35.9 Å². The third-order valence-corrected chi connectivity index (χ3v) is 3.61. The maximum Gasteiger partial charge on any atom is 0.342 e. The van der Waals surface area contributed by atoms with Crippen LogP contribution in [0.3, 0.4) is 0 Å². The van der Waals surface area contributed by atoms with E-state index in [0.29, 0.717) is 33.5 Å². The van der Waals surface area contributed by atoms with Crippen LogP contribution in [-0.2, 0) is 4.74 Å². The van der Waals surface area contributed by atoms with Crippen molar-refractivity contribution in [3.63, 3.8) is 0 Å². The van der Waals surface area contributed by atoms with Crippen LogP contribution in [-0.4, -0.2) is 13.1 Å². The van der Waals surface area contributed by atoms with Crippen LogP contribution < -0.4 is 5.73 Å². The van der Waals surface area contributed by atoms with Gasteiger partial charge >= 0.3 is 5.97 Å². The van der Waals surface area contributed by atoms with Crippen LogP contribution in [0.15, 0.2) is 47.4 Å². The van der Waals surface area contributed by atoms with E-state index in [1.807, 2.05) is 0 Å². The molecule has 0 radical (unpaired) electrons. The molecule has 0 bridgehead atoms. The summed E-state index contributed by atoms with van der Waals surface area (Å²) in [5.74, 6) is -0.599. The molecule has 5 heteroatoms. The molecule has 0 fully saturated rings. The Balaban J connectivity index is 2.34. The average molecular weight is 311 g/mol. The predicted molar refractivity (Wildman–Crippen MR) is 87.5 cm³/mol. The fraction of sp³-hybridized carbons (Fsp3) is 0.0556. The Morgan fingerprint density at radius 1 is 1.30 bits per heavy atom. The highest BCUT2D eigenvalue weighted by atomic mass is 19.1. The number of nitrogens with two attached hydrogens (primary N) is 1. The first kappa shape index (κ1) is 14.8. The standard InChI is InChI=1S/C18H14FNO3/c1-3-10-8-13-15(9-14(10)20)23-17(16(13)18(21)22-2)11-4-6-12(19)7-5-11/h3-9H,1,20H2,2H3. The van der Waals surface area contributed by atoms with Gasteiger partial charge in [0.05, 0.1) is 7.11 Å². The first-order chi connectivity index (χ1) is 11.0. The summed E-state index contributed by atoms with van der Waals surface area (Å²) in [4.78, 5) is 12.2. The first-order valence-corrected chi connectivity index (χ1v) is 6.88. The van der Waals surface area contributed by atoms with E-state index in [0.717, 1.165) is 0 Å².